The van der Waals surface area contributed by atoms with E-state index in [1.54, 1.807) is 36.4 Å². The Kier molecular flexibility index (Phi) is 4.33. The number of allylic oxidation sites excluding steroid dienone is 2. The van der Waals surface area contributed by atoms with Gasteiger partial charge in [-0.2, -0.15) is 0 Å². The second-order valence-electron chi connectivity index (χ2n) is 8.44. The van der Waals surface area contributed by atoms with Crippen molar-refractivity contribution in [2.75, 3.05) is 10.2 Å². The van der Waals surface area contributed by atoms with E-state index in [1.807, 2.05) is 19.9 Å². The van der Waals surface area contributed by atoms with Gasteiger partial charge in [0.15, 0.2) is 0 Å². The Morgan fingerprint density at radius 2 is 1.83 bits per heavy atom. The van der Waals surface area contributed by atoms with E-state index in [-0.39, 0.29) is 41.4 Å². The van der Waals surface area contributed by atoms with Gasteiger partial charge < -0.3 is 5.32 Å². The Balaban J connectivity index is 1.42. The predicted molar refractivity (Wildman–Crippen MR) is 115 cm³/mol. The number of benzene rings is 2. The van der Waals surface area contributed by atoms with E-state index in [0.717, 1.165) is 12.0 Å². The Bertz CT molecular complexity index is 1140. The monoisotopic (exact) mass is 420 g/mol. The molecule has 0 aromatic heterocycles. The molecular weight excluding hydrogens is 400 g/mol. The number of fused-ring (bicyclic) bond motifs is 5. The smallest absolute Gasteiger partial charge is 0.255 e. The van der Waals surface area contributed by atoms with Gasteiger partial charge in [0.25, 0.3) is 5.91 Å². The number of carbonyl (C=O) groups is 3. The van der Waals surface area contributed by atoms with Gasteiger partial charge in [-0.1, -0.05) is 35.4 Å². The number of hydrogen-bond acceptors (Lipinski definition) is 3. The lowest BCUT2D eigenvalue weighted by Crippen LogP contribution is -2.33. The Morgan fingerprint density at radius 3 is 2.63 bits per heavy atom. The normalized spacial score (nSPS) is 26.8. The number of carbonyl (C=O) groups excluding carboxylic acids is 3. The largest absolute Gasteiger partial charge is 0.322 e. The van der Waals surface area contributed by atoms with Crippen molar-refractivity contribution in [3.05, 3.63) is 70.3 Å². The molecule has 5 nitrogen and oxygen atoms in total. The Labute approximate surface area is 179 Å². The molecule has 0 spiro atoms. The van der Waals surface area contributed by atoms with Gasteiger partial charge in [0.2, 0.25) is 11.8 Å². The van der Waals surface area contributed by atoms with Crippen molar-refractivity contribution in [2.45, 2.75) is 20.3 Å². The molecule has 1 saturated carbocycles. The maximum Gasteiger partial charge on any atom is 0.255 e. The summed E-state index contributed by atoms with van der Waals surface area (Å²) < 4.78 is 0. The first-order valence-corrected chi connectivity index (χ1v) is 10.5. The molecule has 5 rings (SSSR count). The highest BCUT2D eigenvalue weighted by molar-refractivity contribution is 6.31. The Hall–Kier alpha value is -2.92. The minimum absolute atomic E-state index is 0.145. The fourth-order valence-corrected chi connectivity index (χ4v) is 5.41. The molecule has 1 aliphatic heterocycles. The second kappa shape index (κ2) is 6.81. The molecule has 2 aliphatic carbocycles. The van der Waals surface area contributed by atoms with Crippen LogP contribution in [0, 0.1) is 30.6 Å². The van der Waals surface area contributed by atoms with Crippen molar-refractivity contribution in [2.24, 2.45) is 23.7 Å². The minimum Gasteiger partial charge on any atom is -0.322 e. The zero-order chi connectivity index (χ0) is 21.2. The van der Waals surface area contributed by atoms with Gasteiger partial charge in [0, 0.05) is 16.3 Å². The number of aryl methyl sites for hydroxylation is 1. The van der Waals surface area contributed by atoms with Gasteiger partial charge in [-0.05, 0) is 68.0 Å². The maximum absolute atomic E-state index is 13.2. The van der Waals surface area contributed by atoms with Crippen LogP contribution in [0.5, 0.6) is 0 Å². The lowest BCUT2D eigenvalue weighted by molar-refractivity contribution is -0.123. The summed E-state index contributed by atoms with van der Waals surface area (Å²) >= 11 is 6.04. The van der Waals surface area contributed by atoms with Crippen LogP contribution < -0.4 is 10.2 Å². The van der Waals surface area contributed by atoms with Crippen LogP contribution in [0.25, 0.3) is 0 Å². The van der Waals surface area contributed by atoms with Crippen molar-refractivity contribution in [3.8, 4) is 0 Å². The van der Waals surface area contributed by atoms with Crippen LogP contribution in [0.15, 0.2) is 54.1 Å². The van der Waals surface area contributed by atoms with E-state index < -0.39 is 0 Å². The highest BCUT2D eigenvalue weighted by Gasteiger charge is 2.60. The molecule has 0 unspecified atom stereocenters. The fourth-order valence-electron chi connectivity index (χ4n) is 5.24. The van der Waals surface area contributed by atoms with E-state index in [4.69, 9.17) is 11.6 Å². The highest BCUT2D eigenvalue weighted by atomic mass is 35.5. The topological polar surface area (TPSA) is 66.5 Å². The fraction of sp³-hybridized carbons (Fsp3) is 0.292. The van der Waals surface area contributed by atoms with Crippen LogP contribution in [0.3, 0.4) is 0 Å². The third-order valence-electron chi connectivity index (χ3n) is 6.70. The minimum atomic E-state index is -0.320. The SMILES string of the molecule is CC1=C[C@H]2C[C@H]1[C@@H]1C(=O)N(c3cccc(C(=O)Nc4cc(Cl)ccc4C)c3)C(=O)[C@@H]12. The first-order chi connectivity index (χ1) is 14.3. The highest BCUT2D eigenvalue weighted by Crippen LogP contribution is 2.55. The molecule has 0 radical (unpaired) electrons. The molecule has 6 heteroatoms. The van der Waals surface area contributed by atoms with Crippen LogP contribution in [0.1, 0.15) is 29.3 Å². The third-order valence-corrected chi connectivity index (χ3v) is 6.93. The van der Waals surface area contributed by atoms with Gasteiger partial charge in [-0.25, -0.2) is 4.90 Å². The van der Waals surface area contributed by atoms with Crippen molar-refractivity contribution < 1.29 is 14.4 Å². The first kappa shape index (κ1) is 19.1. The summed E-state index contributed by atoms with van der Waals surface area (Å²) in [6, 6.07) is 12.0. The molecule has 3 amide bonds. The molecule has 152 valence electrons. The zero-order valence-electron chi connectivity index (χ0n) is 16.7. The summed E-state index contributed by atoms with van der Waals surface area (Å²) in [5.74, 6) is -0.828. The van der Waals surface area contributed by atoms with Crippen molar-refractivity contribution in [3.63, 3.8) is 0 Å². The van der Waals surface area contributed by atoms with Crippen molar-refractivity contribution >= 4 is 40.7 Å². The van der Waals surface area contributed by atoms with Gasteiger partial charge >= 0.3 is 0 Å². The molecule has 1 N–H and O–H groups in total. The number of anilines is 2. The maximum atomic E-state index is 13.2. The molecule has 2 bridgehead atoms. The lowest BCUT2D eigenvalue weighted by atomic mass is 9.82. The van der Waals surface area contributed by atoms with E-state index in [0.29, 0.717) is 22.0 Å². The molecule has 4 atom stereocenters. The van der Waals surface area contributed by atoms with E-state index in [1.165, 1.54) is 10.5 Å². The molecule has 2 aromatic carbocycles. The number of nitrogens with one attached hydrogen (secondary N) is 1. The molecule has 30 heavy (non-hydrogen) atoms. The van der Waals surface area contributed by atoms with Gasteiger partial charge in [0.1, 0.15) is 0 Å². The molecule has 1 heterocycles. The Morgan fingerprint density at radius 1 is 1.07 bits per heavy atom. The third kappa shape index (κ3) is 2.80. The summed E-state index contributed by atoms with van der Waals surface area (Å²) in [6.07, 6.45) is 3.05. The molecule has 2 fully saturated rings. The van der Waals surface area contributed by atoms with Crippen LogP contribution in [0.4, 0.5) is 11.4 Å². The summed E-state index contributed by atoms with van der Waals surface area (Å²) in [7, 11) is 0. The van der Waals surface area contributed by atoms with Crippen molar-refractivity contribution in [1.82, 2.24) is 0 Å². The quantitative estimate of drug-likeness (QED) is 0.582. The van der Waals surface area contributed by atoms with Crippen LogP contribution >= 0.6 is 11.6 Å². The summed E-state index contributed by atoms with van der Waals surface area (Å²) in [4.78, 5) is 40.3. The average Bonchev–Trinajstić information content (AvgIpc) is 3.35. The average molecular weight is 421 g/mol. The standard InChI is InChI=1S/C24H21ClN2O3/c1-12-6-7-16(25)11-19(12)26-22(28)14-4-3-5-17(9-14)27-23(29)20-15-8-13(2)18(10-15)21(20)24(27)30/h3-9,11,15,18,20-21H,10H2,1-2H3,(H,26,28)/t15-,18+,20+,21-/m0/s1. The van der Waals surface area contributed by atoms with Gasteiger partial charge in [0.05, 0.1) is 17.5 Å². The molecular formula is C24H21ClN2O3. The summed E-state index contributed by atoms with van der Waals surface area (Å²) in [5, 5.41) is 3.39. The van der Waals surface area contributed by atoms with E-state index in [2.05, 4.69) is 11.4 Å². The molecule has 3 aliphatic rings. The van der Waals surface area contributed by atoms with Crippen LogP contribution in [0.2, 0.25) is 5.02 Å². The number of nitrogens with zero attached hydrogens (tertiary/aromatic N) is 1. The second-order valence-corrected chi connectivity index (χ2v) is 8.88. The van der Waals surface area contributed by atoms with Gasteiger partial charge in [-0.15, -0.1) is 0 Å². The molecule has 1 saturated heterocycles. The number of amides is 3. The number of rotatable bonds is 3. The predicted octanol–water partition coefficient (Wildman–Crippen LogP) is 4.60. The van der Waals surface area contributed by atoms with Crippen LogP contribution in [-0.4, -0.2) is 17.7 Å². The number of imide groups is 1. The lowest BCUT2D eigenvalue weighted by Gasteiger charge is -2.19. The van der Waals surface area contributed by atoms with Crippen LogP contribution in [-0.2, 0) is 9.59 Å². The zero-order valence-corrected chi connectivity index (χ0v) is 17.4. The number of hydrogen-bond donors (Lipinski definition) is 1. The first-order valence-electron chi connectivity index (χ1n) is 10.1. The van der Waals surface area contributed by atoms with Gasteiger partial charge in [-0.3, -0.25) is 14.4 Å². The molecule has 2 aromatic rings. The summed E-state index contributed by atoms with van der Waals surface area (Å²) in [5.41, 5.74) is 3.56. The summed E-state index contributed by atoms with van der Waals surface area (Å²) in [6.45, 7) is 3.93. The van der Waals surface area contributed by atoms with E-state index >= 15 is 0 Å². The number of halogens is 1. The van der Waals surface area contributed by atoms with E-state index in [9.17, 15) is 14.4 Å². The van der Waals surface area contributed by atoms with Crippen molar-refractivity contribution in [1.29, 1.82) is 0 Å².